The molecule has 0 unspecified atom stereocenters. The zero-order chi connectivity index (χ0) is 21.6. The Balaban J connectivity index is 0.000000941. The van der Waals surface area contributed by atoms with E-state index in [0.29, 0.717) is 19.6 Å². The van der Waals surface area contributed by atoms with E-state index < -0.39 is 16.1 Å². The molecule has 1 aliphatic heterocycles. The summed E-state index contributed by atoms with van der Waals surface area (Å²) in [5, 5.41) is 19.4. The molecule has 0 aliphatic carbocycles. The molecule has 2 aromatic rings. The number of carbonyl (C=O) groups is 1. The van der Waals surface area contributed by atoms with Crippen molar-refractivity contribution in [2.24, 2.45) is 5.92 Å². The van der Waals surface area contributed by atoms with Gasteiger partial charge in [-0.15, -0.1) is 0 Å². The van der Waals surface area contributed by atoms with E-state index in [2.05, 4.69) is 11.0 Å². The van der Waals surface area contributed by atoms with Crippen LogP contribution in [-0.2, 0) is 21.4 Å². The summed E-state index contributed by atoms with van der Waals surface area (Å²) in [6, 6.07) is 12.1. The molecule has 0 amide bonds. The number of rotatable bonds is 6. The van der Waals surface area contributed by atoms with E-state index >= 15 is 0 Å². The fourth-order valence-corrected chi connectivity index (χ4v) is 4.71. The topological polar surface area (TPSA) is 107 Å². The standard InChI is InChI=1S/C19H26N2O4S.CH2O2/c1-20(2)26(23,24)13-15-11-21(12-18(15)22)10-14-8-9-19(25-3)17-7-5-4-6-16(14)17;2-1-3/h4-9,15,18,22H,10-13H2,1-3H3;1H,(H,2,3)/t15-,18+;/m0./s1. The molecule has 9 heteroatoms. The van der Waals surface area contributed by atoms with Crippen molar-refractivity contribution in [1.29, 1.82) is 0 Å². The summed E-state index contributed by atoms with van der Waals surface area (Å²) in [7, 11) is 1.39. The lowest BCUT2D eigenvalue weighted by Gasteiger charge is -2.19. The third kappa shape index (κ3) is 5.66. The van der Waals surface area contributed by atoms with Gasteiger partial charge >= 0.3 is 0 Å². The Hall–Kier alpha value is -2.20. The summed E-state index contributed by atoms with van der Waals surface area (Å²) in [6.07, 6.45) is -0.630. The van der Waals surface area contributed by atoms with Gasteiger partial charge in [-0.3, -0.25) is 9.69 Å². The molecule has 2 atom stereocenters. The molecule has 2 N–H and O–H groups in total. The number of benzene rings is 2. The van der Waals surface area contributed by atoms with Crippen molar-refractivity contribution in [3.8, 4) is 5.75 Å². The van der Waals surface area contributed by atoms with Gasteiger partial charge in [-0.2, -0.15) is 0 Å². The zero-order valence-electron chi connectivity index (χ0n) is 16.9. The maximum Gasteiger partial charge on any atom is 0.290 e. The normalized spacial score (nSPS) is 19.8. The van der Waals surface area contributed by atoms with Crippen LogP contribution >= 0.6 is 0 Å². The molecule has 1 heterocycles. The third-order valence-electron chi connectivity index (χ3n) is 5.05. The quantitative estimate of drug-likeness (QED) is 0.672. The Morgan fingerprint density at radius 2 is 1.79 bits per heavy atom. The largest absolute Gasteiger partial charge is 0.496 e. The predicted octanol–water partition coefficient (Wildman–Crippen LogP) is 1.23. The molecule has 3 rings (SSSR count). The first-order valence-electron chi connectivity index (χ1n) is 9.16. The fourth-order valence-electron chi connectivity index (χ4n) is 3.54. The summed E-state index contributed by atoms with van der Waals surface area (Å²) < 4.78 is 30.9. The number of ether oxygens (including phenoxy) is 1. The Bertz CT molecular complexity index is 932. The molecule has 2 aromatic carbocycles. The molecular weight excluding hydrogens is 396 g/mol. The zero-order valence-corrected chi connectivity index (χ0v) is 17.7. The lowest BCUT2D eigenvalue weighted by atomic mass is 10.0. The number of aliphatic hydroxyl groups excluding tert-OH is 1. The number of likely N-dealkylation sites (tertiary alicyclic amines) is 1. The Labute approximate surface area is 171 Å². The average molecular weight is 425 g/mol. The minimum atomic E-state index is -3.32. The smallest absolute Gasteiger partial charge is 0.290 e. The highest BCUT2D eigenvalue weighted by Gasteiger charge is 2.35. The van der Waals surface area contributed by atoms with Crippen LogP contribution in [0.4, 0.5) is 0 Å². The summed E-state index contributed by atoms with van der Waals surface area (Å²) >= 11 is 0. The highest BCUT2D eigenvalue weighted by molar-refractivity contribution is 7.89. The van der Waals surface area contributed by atoms with Gasteiger partial charge in [0.1, 0.15) is 5.75 Å². The van der Waals surface area contributed by atoms with Crippen LogP contribution in [0.3, 0.4) is 0 Å². The van der Waals surface area contributed by atoms with Gasteiger partial charge in [0.15, 0.2) is 0 Å². The van der Waals surface area contributed by atoms with Crippen molar-refractivity contribution in [3.05, 3.63) is 42.0 Å². The van der Waals surface area contributed by atoms with Crippen molar-refractivity contribution >= 4 is 27.3 Å². The molecule has 1 saturated heterocycles. The van der Waals surface area contributed by atoms with Crippen LogP contribution in [0.15, 0.2) is 36.4 Å². The Morgan fingerprint density at radius 3 is 2.38 bits per heavy atom. The average Bonchev–Trinajstić information content (AvgIpc) is 3.01. The molecule has 1 fully saturated rings. The van der Waals surface area contributed by atoms with Gasteiger partial charge in [0.2, 0.25) is 10.0 Å². The highest BCUT2D eigenvalue weighted by atomic mass is 32.2. The monoisotopic (exact) mass is 424 g/mol. The minimum Gasteiger partial charge on any atom is -0.496 e. The summed E-state index contributed by atoms with van der Waals surface area (Å²) in [4.78, 5) is 10.5. The van der Waals surface area contributed by atoms with Gasteiger partial charge in [-0.1, -0.05) is 30.3 Å². The van der Waals surface area contributed by atoms with Gasteiger partial charge in [0.05, 0.1) is 19.0 Å². The van der Waals surface area contributed by atoms with Crippen LogP contribution in [-0.4, -0.2) is 80.5 Å². The van der Waals surface area contributed by atoms with E-state index in [1.165, 1.54) is 18.4 Å². The second kappa shape index (κ2) is 10.0. The van der Waals surface area contributed by atoms with Crippen molar-refractivity contribution < 1.29 is 28.2 Å². The van der Waals surface area contributed by atoms with Crippen LogP contribution in [0.25, 0.3) is 10.8 Å². The van der Waals surface area contributed by atoms with Crippen molar-refractivity contribution in [1.82, 2.24) is 9.21 Å². The van der Waals surface area contributed by atoms with E-state index in [-0.39, 0.29) is 18.1 Å². The first-order chi connectivity index (χ1) is 13.7. The van der Waals surface area contributed by atoms with E-state index in [1.807, 2.05) is 30.3 Å². The number of aliphatic hydroxyl groups is 1. The van der Waals surface area contributed by atoms with Crippen LogP contribution in [0.2, 0.25) is 0 Å². The minimum absolute atomic E-state index is 0.0268. The van der Waals surface area contributed by atoms with Gasteiger partial charge in [0.25, 0.3) is 6.47 Å². The fraction of sp³-hybridized carbons (Fsp3) is 0.450. The lowest BCUT2D eigenvalue weighted by Crippen LogP contribution is -2.33. The number of methoxy groups -OCH3 is 1. The number of hydrogen-bond donors (Lipinski definition) is 2. The second-order valence-corrected chi connectivity index (χ2v) is 9.39. The molecule has 1 aliphatic rings. The Kier molecular flexibility index (Phi) is 7.97. The summed E-state index contributed by atoms with van der Waals surface area (Å²) in [5.74, 6) is 0.536. The molecule has 0 saturated carbocycles. The van der Waals surface area contributed by atoms with Crippen LogP contribution in [0, 0.1) is 5.92 Å². The molecule has 0 radical (unpaired) electrons. The molecule has 0 aromatic heterocycles. The number of fused-ring (bicyclic) bond motifs is 1. The number of nitrogens with zero attached hydrogens (tertiary/aromatic N) is 2. The molecule has 0 spiro atoms. The molecule has 160 valence electrons. The van der Waals surface area contributed by atoms with E-state index in [9.17, 15) is 13.5 Å². The Morgan fingerprint density at radius 1 is 1.17 bits per heavy atom. The molecule has 8 nitrogen and oxygen atoms in total. The van der Waals surface area contributed by atoms with Crippen LogP contribution < -0.4 is 4.74 Å². The first-order valence-corrected chi connectivity index (χ1v) is 10.8. The van der Waals surface area contributed by atoms with Crippen molar-refractivity contribution in [2.75, 3.05) is 40.0 Å². The van der Waals surface area contributed by atoms with Gasteiger partial charge in [-0.05, 0) is 17.0 Å². The SMILES string of the molecule is COc1ccc(CN2C[C@@H](CS(=O)(=O)N(C)C)[C@H](O)C2)c2ccccc12.O=CO. The predicted molar refractivity (Wildman–Crippen MR) is 111 cm³/mol. The van der Waals surface area contributed by atoms with E-state index in [0.717, 1.165) is 22.1 Å². The maximum absolute atomic E-state index is 12.1. The van der Waals surface area contributed by atoms with Crippen LogP contribution in [0.1, 0.15) is 5.56 Å². The van der Waals surface area contributed by atoms with E-state index in [4.69, 9.17) is 14.6 Å². The number of sulfonamides is 1. The maximum atomic E-state index is 12.1. The highest BCUT2D eigenvalue weighted by Crippen LogP contribution is 2.30. The van der Waals surface area contributed by atoms with Gasteiger partial charge in [-0.25, -0.2) is 12.7 Å². The van der Waals surface area contributed by atoms with Crippen molar-refractivity contribution in [2.45, 2.75) is 12.6 Å². The number of β-amino-alcohol motifs (C(OH)–C–C–N with tert-alkyl or cyclic N) is 1. The van der Waals surface area contributed by atoms with Gasteiger partial charge in [0, 0.05) is 45.0 Å². The second-order valence-electron chi connectivity index (χ2n) is 7.16. The van der Waals surface area contributed by atoms with Gasteiger partial charge < -0.3 is 14.9 Å². The van der Waals surface area contributed by atoms with Crippen LogP contribution in [0.5, 0.6) is 5.75 Å². The lowest BCUT2D eigenvalue weighted by molar-refractivity contribution is -0.122. The third-order valence-corrected chi connectivity index (χ3v) is 7.01. The molecular formula is C20H28N2O6S. The number of carboxylic acid groups (broad SMARTS) is 1. The van der Waals surface area contributed by atoms with Crippen molar-refractivity contribution in [3.63, 3.8) is 0 Å². The first kappa shape index (κ1) is 23.1. The summed E-state index contributed by atoms with van der Waals surface area (Å²) in [5.41, 5.74) is 1.14. The van der Waals surface area contributed by atoms with E-state index in [1.54, 1.807) is 7.11 Å². The summed E-state index contributed by atoms with van der Waals surface area (Å²) in [6.45, 7) is 1.46. The molecule has 0 bridgehead atoms. The molecule has 29 heavy (non-hydrogen) atoms. The number of hydrogen-bond acceptors (Lipinski definition) is 6.